The number of para-hydroxylation sites is 1. The summed E-state index contributed by atoms with van der Waals surface area (Å²) in [6, 6.07) is 8.58. The van der Waals surface area contributed by atoms with Gasteiger partial charge >= 0.3 is 0 Å². The van der Waals surface area contributed by atoms with Crippen molar-refractivity contribution in [2.75, 3.05) is 0 Å². The van der Waals surface area contributed by atoms with Crippen LogP contribution in [0.1, 0.15) is 28.4 Å². The average Bonchev–Trinajstić information content (AvgIpc) is 3.07. The Hall–Kier alpha value is -3.42. The van der Waals surface area contributed by atoms with Crippen LogP contribution in [0.2, 0.25) is 0 Å². The van der Waals surface area contributed by atoms with Crippen LogP contribution in [-0.4, -0.2) is 21.4 Å². The van der Waals surface area contributed by atoms with Gasteiger partial charge < -0.3 is 4.42 Å². The minimum atomic E-state index is -0.458. The molecule has 8 nitrogen and oxygen atoms in total. The van der Waals surface area contributed by atoms with E-state index >= 15 is 0 Å². The standard InChI is InChI=1S/C18H18N4O4/c1-11-12(9-10-26-11)17(24)21-20-16(23)8-7-15-19-14-6-4-3-5-13(14)18(25)22(15)2/h3-6,9-10H,7-8H2,1-2H3,(H,20,23)(H,21,24). The molecular weight excluding hydrogens is 336 g/mol. The molecule has 0 aliphatic rings. The third-order valence-electron chi connectivity index (χ3n) is 4.07. The molecule has 2 N–H and O–H groups in total. The number of aryl methyl sites for hydroxylation is 2. The number of carbonyl (C=O) groups excluding carboxylic acids is 2. The number of aromatic nitrogens is 2. The molecule has 134 valence electrons. The maximum absolute atomic E-state index is 12.3. The summed E-state index contributed by atoms with van der Waals surface area (Å²) in [4.78, 5) is 40.6. The summed E-state index contributed by atoms with van der Waals surface area (Å²) in [6.45, 7) is 1.66. The van der Waals surface area contributed by atoms with Crippen molar-refractivity contribution in [1.82, 2.24) is 20.4 Å². The Morgan fingerprint density at radius 2 is 1.96 bits per heavy atom. The zero-order chi connectivity index (χ0) is 18.7. The fourth-order valence-corrected chi connectivity index (χ4v) is 2.59. The summed E-state index contributed by atoms with van der Waals surface area (Å²) in [5.74, 6) is 0.121. The van der Waals surface area contributed by atoms with Crippen molar-refractivity contribution in [3.8, 4) is 0 Å². The molecule has 8 heteroatoms. The lowest BCUT2D eigenvalue weighted by Crippen LogP contribution is -2.42. The van der Waals surface area contributed by atoms with E-state index in [4.69, 9.17) is 4.42 Å². The van der Waals surface area contributed by atoms with Crippen LogP contribution >= 0.6 is 0 Å². The highest BCUT2D eigenvalue weighted by Gasteiger charge is 2.13. The SMILES string of the molecule is Cc1occc1C(=O)NNC(=O)CCc1nc2ccccc2c(=O)n1C. The second kappa shape index (κ2) is 7.22. The van der Waals surface area contributed by atoms with E-state index in [1.54, 1.807) is 38.2 Å². The van der Waals surface area contributed by atoms with Crippen LogP contribution < -0.4 is 16.4 Å². The minimum absolute atomic E-state index is 0.0727. The van der Waals surface area contributed by atoms with Crippen molar-refractivity contribution in [1.29, 1.82) is 0 Å². The van der Waals surface area contributed by atoms with Gasteiger partial charge in [0.1, 0.15) is 11.6 Å². The number of furan rings is 1. The van der Waals surface area contributed by atoms with Gasteiger partial charge in [0.2, 0.25) is 5.91 Å². The summed E-state index contributed by atoms with van der Waals surface area (Å²) in [6.07, 6.45) is 1.74. The van der Waals surface area contributed by atoms with E-state index in [1.807, 2.05) is 0 Å². The molecule has 2 amide bonds. The van der Waals surface area contributed by atoms with Gasteiger partial charge in [0, 0.05) is 19.9 Å². The topological polar surface area (TPSA) is 106 Å². The molecule has 0 saturated heterocycles. The average molecular weight is 354 g/mol. The molecule has 0 saturated carbocycles. The number of hydrazine groups is 1. The third-order valence-corrected chi connectivity index (χ3v) is 4.07. The lowest BCUT2D eigenvalue weighted by Gasteiger charge is -2.10. The number of hydrogen-bond donors (Lipinski definition) is 2. The lowest BCUT2D eigenvalue weighted by atomic mass is 10.2. The molecule has 0 spiro atoms. The smallest absolute Gasteiger partial charge is 0.273 e. The maximum atomic E-state index is 12.3. The van der Waals surface area contributed by atoms with Gasteiger partial charge in [-0.2, -0.15) is 0 Å². The molecule has 3 rings (SSSR count). The van der Waals surface area contributed by atoms with Crippen molar-refractivity contribution in [3.63, 3.8) is 0 Å². The van der Waals surface area contributed by atoms with Gasteiger partial charge in [-0.05, 0) is 25.1 Å². The van der Waals surface area contributed by atoms with E-state index in [9.17, 15) is 14.4 Å². The van der Waals surface area contributed by atoms with Crippen LogP contribution in [0.4, 0.5) is 0 Å². The monoisotopic (exact) mass is 354 g/mol. The maximum Gasteiger partial charge on any atom is 0.273 e. The van der Waals surface area contributed by atoms with Crippen molar-refractivity contribution in [2.45, 2.75) is 19.8 Å². The number of benzene rings is 1. The van der Waals surface area contributed by atoms with E-state index in [0.29, 0.717) is 28.1 Å². The van der Waals surface area contributed by atoms with Gasteiger partial charge in [-0.15, -0.1) is 0 Å². The molecule has 0 radical (unpaired) electrons. The van der Waals surface area contributed by atoms with E-state index in [1.165, 1.54) is 16.9 Å². The Bertz CT molecular complexity index is 1040. The summed E-state index contributed by atoms with van der Waals surface area (Å²) in [7, 11) is 1.62. The fraction of sp³-hybridized carbons (Fsp3) is 0.222. The number of nitrogens with one attached hydrogen (secondary N) is 2. The Morgan fingerprint density at radius 3 is 2.69 bits per heavy atom. The summed E-state index contributed by atoms with van der Waals surface area (Å²) in [5, 5.41) is 0.533. The largest absolute Gasteiger partial charge is 0.469 e. The number of amides is 2. The van der Waals surface area contributed by atoms with Gasteiger partial charge in [0.25, 0.3) is 11.5 Å². The second-order valence-corrected chi connectivity index (χ2v) is 5.80. The van der Waals surface area contributed by atoms with Crippen molar-refractivity contribution in [3.05, 3.63) is 64.1 Å². The molecule has 26 heavy (non-hydrogen) atoms. The van der Waals surface area contributed by atoms with Crippen molar-refractivity contribution >= 4 is 22.7 Å². The molecule has 2 aromatic heterocycles. The zero-order valence-electron chi connectivity index (χ0n) is 14.4. The van der Waals surface area contributed by atoms with E-state index < -0.39 is 5.91 Å². The molecule has 0 bridgehead atoms. The van der Waals surface area contributed by atoms with Crippen LogP contribution in [0.5, 0.6) is 0 Å². The van der Waals surface area contributed by atoms with Crippen LogP contribution in [0, 0.1) is 6.92 Å². The second-order valence-electron chi connectivity index (χ2n) is 5.80. The first-order valence-corrected chi connectivity index (χ1v) is 8.05. The molecule has 0 aliphatic carbocycles. The Labute approximate surface area is 148 Å². The summed E-state index contributed by atoms with van der Waals surface area (Å²) >= 11 is 0. The number of hydrogen-bond acceptors (Lipinski definition) is 5. The summed E-state index contributed by atoms with van der Waals surface area (Å²) < 4.78 is 6.48. The Morgan fingerprint density at radius 1 is 1.19 bits per heavy atom. The van der Waals surface area contributed by atoms with Gasteiger partial charge in [0.15, 0.2) is 0 Å². The molecule has 0 unspecified atom stereocenters. The highest BCUT2D eigenvalue weighted by molar-refractivity contribution is 5.96. The molecule has 1 aromatic carbocycles. The predicted molar refractivity (Wildman–Crippen MR) is 94.4 cm³/mol. The highest BCUT2D eigenvalue weighted by Crippen LogP contribution is 2.09. The van der Waals surface area contributed by atoms with Crippen LogP contribution in [-0.2, 0) is 18.3 Å². The summed E-state index contributed by atoms with van der Waals surface area (Å²) in [5.41, 5.74) is 5.46. The first-order valence-electron chi connectivity index (χ1n) is 8.05. The van der Waals surface area contributed by atoms with Crippen molar-refractivity contribution < 1.29 is 14.0 Å². The molecule has 0 fully saturated rings. The lowest BCUT2D eigenvalue weighted by molar-refractivity contribution is -0.121. The predicted octanol–water partition coefficient (Wildman–Crippen LogP) is 1.23. The van der Waals surface area contributed by atoms with Crippen LogP contribution in [0.3, 0.4) is 0 Å². The number of nitrogens with zero attached hydrogens (tertiary/aromatic N) is 2. The van der Waals surface area contributed by atoms with Gasteiger partial charge in [0.05, 0.1) is 22.7 Å². The number of carbonyl (C=O) groups is 2. The van der Waals surface area contributed by atoms with Gasteiger partial charge in [-0.3, -0.25) is 29.8 Å². The highest BCUT2D eigenvalue weighted by atomic mass is 16.3. The van der Waals surface area contributed by atoms with E-state index in [2.05, 4.69) is 15.8 Å². The minimum Gasteiger partial charge on any atom is -0.469 e. The zero-order valence-corrected chi connectivity index (χ0v) is 14.4. The van der Waals surface area contributed by atoms with E-state index in [0.717, 1.165) is 0 Å². The first-order chi connectivity index (χ1) is 12.5. The van der Waals surface area contributed by atoms with Crippen LogP contribution in [0.15, 0.2) is 45.8 Å². The fourth-order valence-electron chi connectivity index (χ4n) is 2.59. The first kappa shape index (κ1) is 17.4. The quantitative estimate of drug-likeness (QED) is 0.686. The van der Waals surface area contributed by atoms with Crippen LogP contribution in [0.25, 0.3) is 10.9 Å². The molecular formula is C18H18N4O4. The van der Waals surface area contributed by atoms with Crippen molar-refractivity contribution in [2.24, 2.45) is 7.05 Å². The Kier molecular flexibility index (Phi) is 4.83. The number of rotatable bonds is 4. The molecule has 3 aromatic rings. The number of fused-ring (bicyclic) bond motifs is 1. The normalized spacial score (nSPS) is 10.7. The third kappa shape index (κ3) is 3.49. The molecule has 2 heterocycles. The molecule has 0 aliphatic heterocycles. The van der Waals surface area contributed by atoms with Gasteiger partial charge in [-0.25, -0.2) is 4.98 Å². The van der Waals surface area contributed by atoms with Gasteiger partial charge in [-0.1, -0.05) is 12.1 Å². The van der Waals surface area contributed by atoms with E-state index in [-0.39, 0.29) is 24.3 Å². The molecule has 0 atom stereocenters. The Balaban J connectivity index is 1.62.